The Morgan fingerprint density at radius 1 is 1.29 bits per heavy atom. The van der Waals surface area contributed by atoms with E-state index in [2.05, 4.69) is 21.5 Å². The highest BCUT2D eigenvalue weighted by Crippen LogP contribution is 2.16. The number of hydrogen-bond acceptors (Lipinski definition) is 3. The number of nitrogens with one attached hydrogen (secondary N) is 1. The minimum absolute atomic E-state index is 0.397. The number of fused-ring (bicyclic) bond motifs is 3. The highest BCUT2D eigenvalue weighted by molar-refractivity contribution is 5.75. The first kappa shape index (κ1) is 13.7. The van der Waals surface area contributed by atoms with Gasteiger partial charge in [0, 0.05) is 25.5 Å². The Morgan fingerprint density at radius 3 is 2.76 bits per heavy atom. The van der Waals surface area contributed by atoms with Gasteiger partial charge >= 0.3 is 5.69 Å². The van der Waals surface area contributed by atoms with Gasteiger partial charge in [-0.05, 0) is 13.3 Å². The number of rotatable bonds is 4. The summed E-state index contributed by atoms with van der Waals surface area (Å²) in [5.41, 5.74) is 1.06. The van der Waals surface area contributed by atoms with E-state index in [0.717, 1.165) is 31.5 Å². The van der Waals surface area contributed by atoms with Crippen LogP contribution in [0.15, 0.2) is 15.8 Å². The summed E-state index contributed by atoms with van der Waals surface area (Å²) in [7, 11) is 1.61. The van der Waals surface area contributed by atoms with E-state index in [4.69, 9.17) is 0 Å². The summed E-state index contributed by atoms with van der Waals surface area (Å²) in [5.74, 6) is 0.713. The Balaban J connectivity index is 2.28. The number of aromatic amines is 1. The zero-order valence-electron chi connectivity index (χ0n) is 12.5. The van der Waals surface area contributed by atoms with Gasteiger partial charge in [-0.25, -0.2) is 4.79 Å². The van der Waals surface area contributed by atoms with Crippen LogP contribution in [0.25, 0.3) is 16.9 Å². The molecule has 0 bridgehead atoms. The first-order valence-electron chi connectivity index (χ1n) is 7.21. The molecule has 0 aliphatic carbocycles. The molecular formula is C14H19N5O2. The molecule has 7 nitrogen and oxygen atoms in total. The Labute approximate surface area is 120 Å². The lowest BCUT2D eigenvalue weighted by Gasteiger charge is -2.04. The van der Waals surface area contributed by atoms with Crippen LogP contribution in [0.5, 0.6) is 0 Å². The lowest BCUT2D eigenvalue weighted by molar-refractivity contribution is 0.603. The fourth-order valence-electron chi connectivity index (χ4n) is 2.71. The Morgan fingerprint density at radius 2 is 2.05 bits per heavy atom. The SMILES string of the molecule is CCCCCn1c(C)cn2c3c(=O)[nH]c(=O)n(C)c3nc12. The molecule has 0 saturated carbocycles. The van der Waals surface area contributed by atoms with Gasteiger partial charge in [0.2, 0.25) is 5.78 Å². The topological polar surface area (TPSA) is 77.1 Å². The van der Waals surface area contributed by atoms with Crippen molar-refractivity contribution in [1.82, 2.24) is 23.5 Å². The maximum atomic E-state index is 12.1. The minimum Gasteiger partial charge on any atom is -0.314 e. The van der Waals surface area contributed by atoms with E-state index in [9.17, 15) is 9.59 Å². The predicted octanol–water partition coefficient (Wildman–Crippen LogP) is 1.17. The van der Waals surface area contributed by atoms with Crippen molar-refractivity contribution in [3.05, 3.63) is 32.7 Å². The molecule has 3 heterocycles. The van der Waals surface area contributed by atoms with Gasteiger partial charge in [-0.15, -0.1) is 0 Å². The number of unbranched alkanes of at least 4 members (excludes halogenated alkanes) is 2. The number of nitrogens with zero attached hydrogens (tertiary/aromatic N) is 4. The van der Waals surface area contributed by atoms with E-state index in [0.29, 0.717) is 16.9 Å². The van der Waals surface area contributed by atoms with E-state index < -0.39 is 11.2 Å². The number of imidazole rings is 2. The molecule has 0 radical (unpaired) electrons. The van der Waals surface area contributed by atoms with Crippen molar-refractivity contribution in [2.24, 2.45) is 7.05 Å². The van der Waals surface area contributed by atoms with Gasteiger partial charge in [-0.1, -0.05) is 19.8 Å². The standard InChI is InChI=1S/C14H19N5O2/c1-4-5-6-7-18-9(2)8-19-10-11(15-13(18)19)17(3)14(21)16-12(10)20/h8H,4-7H2,1-3H3,(H,16,20,21). The molecule has 0 aromatic carbocycles. The maximum absolute atomic E-state index is 12.1. The second-order valence-electron chi connectivity index (χ2n) is 5.40. The van der Waals surface area contributed by atoms with Crippen LogP contribution in [-0.4, -0.2) is 23.5 Å². The summed E-state index contributed by atoms with van der Waals surface area (Å²) < 4.78 is 5.24. The Kier molecular flexibility index (Phi) is 3.19. The zero-order chi connectivity index (χ0) is 15.1. The molecule has 0 unspecified atom stereocenters. The van der Waals surface area contributed by atoms with Crippen molar-refractivity contribution >= 4 is 16.9 Å². The van der Waals surface area contributed by atoms with Gasteiger partial charge in [-0.3, -0.25) is 18.7 Å². The molecule has 7 heteroatoms. The van der Waals surface area contributed by atoms with E-state index in [1.807, 2.05) is 13.1 Å². The van der Waals surface area contributed by atoms with E-state index >= 15 is 0 Å². The summed E-state index contributed by atoms with van der Waals surface area (Å²) in [6.07, 6.45) is 5.28. The normalized spacial score (nSPS) is 11.8. The highest BCUT2D eigenvalue weighted by Gasteiger charge is 2.16. The Hall–Kier alpha value is -2.31. The fraction of sp³-hybridized carbons (Fsp3) is 0.500. The molecule has 0 amide bonds. The summed E-state index contributed by atoms with van der Waals surface area (Å²) in [6.45, 7) is 5.03. The lowest BCUT2D eigenvalue weighted by Crippen LogP contribution is -2.28. The van der Waals surface area contributed by atoms with Crippen LogP contribution in [0.3, 0.4) is 0 Å². The molecule has 3 rings (SSSR count). The van der Waals surface area contributed by atoms with Gasteiger partial charge in [0.15, 0.2) is 11.2 Å². The molecule has 0 fully saturated rings. The summed E-state index contributed by atoms with van der Waals surface area (Å²) >= 11 is 0. The fourth-order valence-corrected chi connectivity index (χ4v) is 2.71. The minimum atomic E-state index is -0.442. The monoisotopic (exact) mass is 289 g/mol. The highest BCUT2D eigenvalue weighted by atomic mass is 16.2. The van der Waals surface area contributed by atoms with Crippen LogP contribution >= 0.6 is 0 Å². The first-order chi connectivity index (χ1) is 10.0. The average molecular weight is 289 g/mol. The summed E-state index contributed by atoms with van der Waals surface area (Å²) in [4.78, 5) is 30.6. The summed E-state index contributed by atoms with van der Waals surface area (Å²) in [5, 5.41) is 0. The maximum Gasteiger partial charge on any atom is 0.329 e. The van der Waals surface area contributed by atoms with Crippen LogP contribution in [0.4, 0.5) is 0 Å². The molecule has 3 aromatic heterocycles. The molecule has 3 aromatic rings. The van der Waals surface area contributed by atoms with Gasteiger partial charge in [-0.2, -0.15) is 4.98 Å². The Bertz CT molecular complexity index is 925. The number of aryl methyl sites for hydroxylation is 3. The number of aromatic nitrogens is 5. The van der Waals surface area contributed by atoms with Gasteiger partial charge in [0.05, 0.1) is 0 Å². The van der Waals surface area contributed by atoms with Crippen LogP contribution in [0, 0.1) is 6.92 Å². The van der Waals surface area contributed by atoms with Crippen LogP contribution in [0.1, 0.15) is 31.9 Å². The molecule has 0 spiro atoms. The molecule has 0 atom stereocenters. The van der Waals surface area contributed by atoms with Crippen molar-refractivity contribution in [2.45, 2.75) is 39.7 Å². The van der Waals surface area contributed by atoms with E-state index in [-0.39, 0.29) is 0 Å². The van der Waals surface area contributed by atoms with Gasteiger partial charge < -0.3 is 4.57 Å². The van der Waals surface area contributed by atoms with Crippen molar-refractivity contribution in [3.8, 4) is 0 Å². The first-order valence-corrected chi connectivity index (χ1v) is 7.21. The third-order valence-corrected chi connectivity index (χ3v) is 3.90. The largest absolute Gasteiger partial charge is 0.329 e. The molecule has 112 valence electrons. The quantitative estimate of drug-likeness (QED) is 0.733. The molecule has 21 heavy (non-hydrogen) atoms. The zero-order valence-corrected chi connectivity index (χ0v) is 12.5. The average Bonchev–Trinajstić information content (AvgIpc) is 2.93. The second kappa shape index (κ2) is 4.91. The lowest BCUT2D eigenvalue weighted by atomic mass is 10.2. The molecule has 1 N–H and O–H groups in total. The summed E-state index contributed by atoms with van der Waals surface area (Å²) in [6, 6.07) is 0. The van der Waals surface area contributed by atoms with Gasteiger partial charge in [0.1, 0.15) is 0 Å². The molecule has 0 aliphatic heterocycles. The van der Waals surface area contributed by atoms with E-state index in [1.165, 1.54) is 4.57 Å². The number of hydrogen-bond donors (Lipinski definition) is 1. The van der Waals surface area contributed by atoms with Gasteiger partial charge in [0.25, 0.3) is 5.56 Å². The van der Waals surface area contributed by atoms with Crippen molar-refractivity contribution in [3.63, 3.8) is 0 Å². The molecular weight excluding hydrogens is 270 g/mol. The van der Waals surface area contributed by atoms with Crippen LogP contribution in [-0.2, 0) is 13.6 Å². The van der Waals surface area contributed by atoms with Crippen LogP contribution in [0.2, 0.25) is 0 Å². The number of H-pyrrole nitrogens is 1. The molecule has 0 saturated heterocycles. The molecule has 0 aliphatic rings. The third-order valence-electron chi connectivity index (χ3n) is 3.90. The van der Waals surface area contributed by atoms with Crippen molar-refractivity contribution < 1.29 is 0 Å². The van der Waals surface area contributed by atoms with Crippen molar-refractivity contribution in [2.75, 3.05) is 0 Å². The second-order valence-corrected chi connectivity index (χ2v) is 5.40. The third kappa shape index (κ3) is 2.00. The van der Waals surface area contributed by atoms with Crippen LogP contribution < -0.4 is 11.2 Å². The van der Waals surface area contributed by atoms with Crippen molar-refractivity contribution in [1.29, 1.82) is 0 Å². The smallest absolute Gasteiger partial charge is 0.314 e. The predicted molar refractivity (Wildman–Crippen MR) is 80.8 cm³/mol. The van der Waals surface area contributed by atoms with E-state index in [1.54, 1.807) is 11.4 Å².